The molecule has 1 aliphatic rings. The Labute approximate surface area is 76.2 Å². The van der Waals surface area contributed by atoms with Crippen molar-refractivity contribution in [2.45, 2.75) is 25.7 Å². The van der Waals surface area contributed by atoms with Gasteiger partial charge >= 0.3 is 0 Å². The van der Waals surface area contributed by atoms with Crippen LogP contribution in [0, 0.1) is 5.92 Å². The zero-order valence-electron chi connectivity index (χ0n) is 6.99. The molecule has 1 aromatic heterocycles. The fourth-order valence-electron chi connectivity index (χ4n) is 1.41. The molecular weight excluding hydrogens is 170 g/mol. The second-order valence-corrected chi connectivity index (χ2v) is 4.09. The maximum Gasteiger partial charge on any atom is 0.205 e. The van der Waals surface area contributed by atoms with Crippen LogP contribution < -0.4 is 5.32 Å². The minimum atomic E-state index is 0.953. The highest BCUT2D eigenvalue weighted by Gasteiger charge is 2.16. The molecule has 0 atom stereocenters. The predicted octanol–water partition coefficient (Wildman–Crippen LogP) is 2.14. The molecule has 12 heavy (non-hydrogen) atoms. The molecular formula is C8H13N3S. The molecule has 1 fully saturated rings. The van der Waals surface area contributed by atoms with Crippen molar-refractivity contribution in [1.29, 1.82) is 0 Å². The molecule has 1 N–H and O–H groups in total. The summed E-state index contributed by atoms with van der Waals surface area (Å²) in [6.07, 6.45) is 5.58. The summed E-state index contributed by atoms with van der Waals surface area (Å²) < 4.78 is 0. The zero-order valence-corrected chi connectivity index (χ0v) is 7.81. The lowest BCUT2D eigenvalue weighted by Gasteiger charge is -2.24. The minimum Gasteiger partial charge on any atom is -0.360 e. The van der Waals surface area contributed by atoms with Crippen LogP contribution in [0.15, 0.2) is 5.51 Å². The van der Waals surface area contributed by atoms with Gasteiger partial charge in [-0.2, -0.15) is 0 Å². The van der Waals surface area contributed by atoms with Crippen molar-refractivity contribution in [3.63, 3.8) is 0 Å². The lowest BCUT2D eigenvalue weighted by molar-refractivity contribution is 0.303. The van der Waals surface area contributed by atoms with Crippen LogP contribution in [0.5, 0.6) is 0 Å². The molecule has 1 heterocycles. The Hall–Kier alpha value is -0.640. The van der Waals surface area contributed by atoms with Gasteiger partial charge in [-0.05, 0) is 12.3 Å². The van der Waals surface area contributed by atoms with Crippen LogP contribution >= 0.6 is 11.3 Å². The number of nitrogens with one attached hydrogen (secondary N) is 1. The molecule has 3 nitrogen and oxygen atoms in total. The van der Waals surface area contributed by atoms with Crippen molar-refractivity contribution in [3.8, 4) is 0 Å². The van der Waals surface area contributed by atoms with Crippen LogP contribution in [0.1, 0.15) is 25.7 Å². The maximum absolute atomic E-state index is 3.91. The number of rotatable bonds is 4. The van der Waals surface area contributed by atoms with E-state index in [2.05, 4.69) is 15.5 Å². The van der Waals surface area contributed by atoms with E-state index < -0.39 is 0 Å². The van der Waals surface area contributed by atoms with Crippen molar-refractivity contribution in [2.24, 2.45) is 5.92 Å². The highest BCUT2D eigenvalue weighted by atomic mass is 32.1. The molecule has 0 saturated heterocycles. The van der Waals surface area contributed by atoms with Gasteiger partial charge in [0.05, 0.1) is 0 Å². The van der Waals surface area contributed by atoms with Gasteiger partial charge in [-0.1, -0.05) is 30.6 Å². The minimum absolute atomic E-state index is 0.953. The number of aromatic nitrogens is 2. The Morgan fingerprint density at radius 1 is 1.58 bits per heavy atom. The highest BCUT2D eigenvalue weighted by molar-refractivity contribution is 7.13. The summed E-state index contributed by atoms with van der Waals surface area (Å²) in [6, 6.07) is 0. The van der Waals surface area contributed by atoms with E-state index in [1.165, 1.54) is 25.7 Å². The lowest BCUT2D eigenvalue weighted by Crippen LogP contribution is -2.15. The summed E-state index contributed by atoms with van der Waals surface area (Å²) >= 11 is 1.57. The van der Waals surface area contributed by atoms with Crippen molar-refractivity contribution in [3.05, 3.63) is 5.51 Å². The first-order valence-electron chi connectivity index (χ1n) is 4.45. The van der Waals surface area contributed by atoms with E-state index in [9.17, 15) is 0 Å². The standard InChI is InChI=1S/C8H13N3S/c1-2-7(3-1)4-5-9-8-11-10-6-12-8/h6-7H,1-5H2,(H,9,11). The van der Waals surface area contributed by atoms with E-state index in [-0.39, 0.29) is 0 Å². The Morgan fingerprint density at radius 3 is 3.08 bits per heavy atom. The summed E-state index contributed by atoms with van der Waals surface area (Å²) in [5.74, 6) is 0.977. The molecule has 4 heteroatoms. The highest BCUT2D eigenvalue weighted by Crippen LogP contribution is 2.29. The average molecular weight is 183 g/mol. The molecule has 0 radical (unpaired) electrons. The molecule has 0 aliphatic heterocycles. The predicted molar refractivity (Wildman–Crippen MR) is 50.4 cm³/mol. The third-order valence-corrected chi connectivity index (χ3v) is 3.06. The van der Waals surface area contributed by atoms with Gasteiger partial charge in [-0.3, -0.25) is 0 Å². The van der Waals surface area contributed by atoms with Crippen molar-refractivity contribution < 1.29 is 0 Å². The second kappa shape index (κ2) is 3.85. The van der Waals surface area contributed by atoms with Gasteiger partial charge in [0.15, 0.2) is 0 Å². The Balaban J connectivity index is 1.62. The monoisotopic (exact) mass is 183 g/mol. The first-order chi connectivity index (χ1) is 5.95. The quantitative estimate of drug-likeness (QED) is 0.777. The topological polar surface area (TPSA) is 37.8 Å². The summed E-state index contributed by atoms with van der Waals surface area (Å²) in [6.45, 7) is 1.06. The number of anilines is 1. The molecule has 0 bridgehead atoms. The first-order valence-corrected chi connectivity index (χ1v) is 5.33. The van der Waals surface area contributed by atoms with Gasteiger partial charge in [0.2, 0.25) is 5.13 Å². The molecule has 66 valence electrons. The zero-order chi connectivity index (χ0) is 8.23. The summed E-state index contributed by atoms with van der Waals surface area (Å²) in [7, 11) is 0. The van der Waals surface area contributed by atoms with Gasteiger partial charge < -0.3 is 5.32 Å². The largest absolute Gasteiger partial charge is 0.360 e. The Morgan fingerprint density at radius 2 is 2.50 bits per heavy atom. The molecule has 1 aliphatic carbocycles. The van der Waals surface area contributed by atoms with E-state index in [4.69, 9.17) is 0 Å². The summed E-state index contributed by atoms with van der Waals surface area (Å²) in [5, 5.41) is 11.9. The van der Waals surface area contributed by atoms with Crippen molar-refractivity contribution in [2.75, 3.05) is 11.9 Å². The molecule has 1 aromatic rings. The van der Waals surface area contributed by atoms with Gasteiger partial charge in [-0.25, -0.2) is 0 Å². The average Bonchev–Trinajstić information content (AvgIpc) is 2.46. The van der Waals surface area contributed by atoms with E-state index in [0.717, 1.165) is 17.6 Å². The SMILES string of the molecule is c1nnc(NCCC2CCC2)s1. The molecule has 1 saturated carbocycles. The third kappa shape index (κ3) is 1.94. The number of nitrogens with zero attached hydrogens (tertiary/aromatic N) is 2. The van der Waals surface area contributed by atoms with Crippen LogP contribution in [0.25, 0.3) is 0 Å². The van der Waals surface area contributed by atoms with E-state index in [1.54, 1.807) is 16.8 Å². The van der Waals surface area contributed by atoms with Gasteiger partial charge in [0.1, 0.15) is 5.51 Å². The van der Waals surface area contributed by atoms with Crippen molar-refractivity contribution >= 4 is 16.5 Å². The van der Waals surface area contributed by atoms with Crippen LogP contribution in [0.3, 0.4) is 0 Å². The fraction of sp³-hybridized carbons (Fsp3) is 0.750. The Bertz CT molecular complexity index is 218. The first kappa shape index (κ1) is 7.98. The summed E-state index contributed by atoms with van der Waals surface area (Å²) in [4.78, 5) is 0. The number of hydrogen-bond acceptors (Lipinski definition) is 4. The second-order valence-electron chi connectivity index (χ2n) is 3.26. The third-order valence-electron chi connectivity index (χ3n) is 2.41. The molecule has 0 spiro atoms. The van der Waals surface area contributed by atoms with Gasteiger partial charge in [0.25, 0.3) is 0 Å². The smallest absolute Gasteiger partial charge is 0.205 e. The van der Waals surface area contributed by atoms with E-state index >= 15 is 0 Å². The van der Waals surface area contributed by atoms with E-state index in [1.807, 2.05) is 0 Å². The van der Waals surface area contributed by atoms with Gasteiger partial charge in [0, 0.05) is 6.54 Å². The molecule has 0 unspecified atom stereocenters. The number of hydrogen-bond donors (Lipinski definition) is 1. The van der Waals surface area contributed by atoms with Crippen LogP contribution in [-0.4, -0.2) is 16.7 Å². The van der Waals surface area contributed by atoms with Gasteiger partial charge in [-0.15, -0.1) is 10.2 Å². The normalized spacial score (nSPS) is 17.3. The van der Waals surface area contributed by atoms with Crippen LogP contribution in [0.2, 0.25) is 0 Å². The maximum atomic E-state index is 3.91. The lowest BCUT2D eigenvalue weighted by atomic mass is 9.83. The Kier molecular flexibility index (Phi) is 2.56. The van der Waals surface area contributed by atoms with Crippen LogP contribution in [0.4, 0.5) is 5.13 Å². The molecule has 2 rings (SSSR count). The van der Waals surface area contributed by atoms with E-state index in [0.29, 0.717) is 0 Å². The van der Waals surface area contributed by atoms with Crippen molar-refractivity contribution in [1.82, 2.24) is 10.2 Å². The fourth-order valence-corrected chi connectivity index (χ4v) is 1.89. The molecule has 0 aromatic carbocycles. The summed E-state index contributed by atoms with van der Waals surface area (Å²) in [5.41, 5.74) is 1.76. The molecule has 0 amide bonds. The van der Waals surface area contributed by atoms with Crippen LogP contribution in [-0.2, 0) is 0 Å².